The van der Waals surface area contributed by atoms with Crippen LogP contribution in [0, 0.1) is 0 Å². The van der Waals surface area contributed by atoms with E-state index < -0.39 is 0 Å². The van der Waals surface area contributed by atoms with Crippen LogP contribution in [0.1, 0.15) is 18.7 Å². The highest BCUT2D eigenvalue weighted by Crippen LogP contribution is 2.30. The molecular formula is C26H27N9O2. The number of morpholine rings is 1. The molecule has 0 saturated carbocycles. The Morgan fingerprint density at radius 2 is 1.92 bits per heavy atom. The normalized spacial score (nSPS) is 17.6. The van der Waals surface area contributed by atoms with Gasteiger partial charge in [-0.15, -0.1) is 0 Å². The minimum absolute atomic E-state index is 0.115. The van der Waals surface area contributed by atoms with Crippen molar-refractivity contribution in [3.8, 4) is 5.69 Å². The summed E-state index contributed by atoms with van der Waals surface area (Å²) in [6.45, 7) is 3.83. The van der Waals surface area contributed by atoms with Crippen LogP contribution in [-0.4, -0.2) is 61.3 Å². The predicted octanol–water partition coefficient (Wildman–Crippen LogP) is 2.21. The van der Waals surface area contributed by atoms with E-state index in [9.17, 15) is 4.79 Å². The van der Waals surface area contributed by atoms with Gasteiger partial charge < -0.3 is 26.1 Å². The van der Waals surface area contributed by atoms with Crippen LogP contribution in [0.2, 0.25) is 0 Å². The quantitative estimate of drug-likeness (QED) is 0.277. The molecule has 3 atom stereocenters. The second-order valence-corrected chi connectivity index (χ2v) is 9.09. The second kappa shape index (κ2) is 9.60. The Kier molecular flexibility index (Phi) is 5.99. The Hall–Kier alpha value is -4.35. The molecule has 6 rings (SSSR count). The molecule has 1 aliphatic heterocycles. The maximum Gasteiger partial charge on any atom is 0.265 e. The summed E-state index contributed by atoms with van der Waals surface area (Å²) in [7, 11) is 0. The fraction of sp³-hybridized carbons (Fsp3) is 0.269. The van der Waals surface area contributed by atoms with E-state index in [1.54, 1.807) is 10.9 Å². The number of imidazole rings is 1. The van der Waals surface area contributed by atoms with Gasteiger partial charge in [0.05, 0.1) is 42.0 Å². The number of aromatic amines is 1. The first kappa shape index (κ1) is 23.1. The first-order chi connectivity index (χ1) is 18.1. The predicted molar refractivity (Wildman–Crippen MR) is 142 cm³/mol. The average Bonchev–Trinajstić information content (AvgIpc) is 3.39. The largest absolute Gasteiger partial charge is 0.378 e. The van der Waals surface area contributed by atoms with Gasteiger partial charge >= 0.3 is 0 Å². The third-order valence-electron chi connectivity index (χ3n) is 6.70. The maximum absolute atomic E-state index is 13.9. The van der Waals surface area contributed by atoms with Crippen molar-refractivity contribution in [2.45, 2.75) is 24.9 Å². The van der Waals surface area contributed by atoms with Crippen LogP contribution in [0.25, 0.3) is 27.8 Å². The van der Waals surface area contributed by atoms with Crippen LogP contribution < -0.4 is 21.9 Å². The molecule has 11 nitrogen and oxygen atoms in total. The van der Waals surface area contributed by atoms with Gasteiger partial charge in [0, 0.05) is 18.6 Å². The summed E-state index contributed by atoms with van der Waals surface area (Å²) < 4.78 is 7.57. The zero-order valence-corrected chi connectivity index (χ0v) is 20.3. The number of hydrogen-bond acceptors (Lipinski definition) is 9. The molecule has 5 N–H and O–H groups in total. The van der Waals surface area contributed by atoms with Gasteiger partial charge in [-0.2, -0.15) is 9.97 Å². The number of ether oxygens (including phenoxy) is 1. The first-order valence-corrected chi connectivity index (χ1v) is 12.2. The van der Waals surface area contributed by atoms with Crippen LogP contribution in [0.3, 0.4) is 0 Å². The van der Waals surface area contributed by atoms with E-state index in [0.717, 1.165) is 5.69 Å². The van der Waals surface area contributed by atoms with Crippen molar-refractivity contribution in [2.24, 2.45) is 0 Å². The highest BCUT2D eigenvalue weighted by Gasteiger charge is 2.35. The van der Waals surface area contributed by atoms with Crippen molar-refractivity contribution >= 4 is 33.8 Å². The third kappa shape index (κ3) is 4.28. The molecule has 188 valence electrons. The summed E-state index contributed by atoms with van der Waals surface area (Å²) in [6.07, 6.45) is 1.56. The Morgan fingerprint density at radius 1 is 1.11 bits per heavy atom. The second-order valence-electron chi connectivity index (χ2n) is 9.09. The molecule has 4 heterocycles. The number of H-pyrrole nitrogens is 1. The van der Waals surface area contributed by atoms with Crippen molar-refractivity contribution in [3.63, 3.8) is 0 Å². The zero-order valence-electron chi connectivity index (χ0n) is 20.3. The highest BCUT2D eigenvalue weighted by atomic mass is 16.5. The lowest BCUT2D eigenvalue weighted by Crippen LogP contribution is -2.50. The first-order valence-electron chi connectivity index (χ1n) is 12.2. The molecule has 1 aliphatic rings. The Balaban J connectivity index is 1.53. The number of benzene rings is 2. The zero-order chi connectivity index (χ0) is 25.4. The summed E-state index contributed by atoms with van der Waals surface area (Å²) in [6, 6.07) is 16.7. The Labute approximate surface area is 212 Å². The Morgan fingerprint density at radius 3 is 2.73 bits per heavy atom. The fourth-order valence-electron chi connectivity index (χ4n) is 5.03. The van der Waals surface area contributed by atoms with Crippen LogP contribution in [0.15, 0.2) is 65.7 Å². The molecular weight excluding hydrogens is 470 g/mol. The highest BCUT2D eigenvalue weighted by molar-refractivity contribution is 5.83. The van der Waals surface area contributed by atoms with Gasteiger partial charge in [0.2, 0.25) is 5.95 Å². The van der Waals surface area contributed by atoms with Crippen molar-refractivity contribution in [1.82, 2.24) is 34.8 Å². The lowest BCUT2D eigenvalue weighted by molar-refractivity contribution is 0.0647. The summed E-state index contributed by atoms with van der Waals surface area (Å²) in [5.41, 5.74) is 8.36. The van der Waals surface area contributed by atoms with E-state index in [4.69, 9.17) is 15.5 Å². The van der Waals surface area contributed by atoms with Gasteiger partial charge in [-0.25, -0.2) is 9.97 Å². The molecule has 0 bridgehead atoms. The van der Waals surface area contributed by atoms with Crippen molar-refractivity contribution in [3.05, 3.63) is 77.1 Å². The molecule has 1 saturated heterocycles. The summed E-state index contributed by atoms with van der Waals surface area (Å²) in [5, 5.41) is 7.64. The van der Waals surface area contributed by atoms with Crippen molar-refractivity contribution in [2.75, 3.05) is 30.8 Å². The van der Waals surface area contributed by atoms with E-state index in [1.807, 2.05) is 61.5 Å². The molecule has 11 heteroatoms. The number of hydrogen-bond donors (Lipinski definition) is 4. The molecule has 1 fully saturated rings. The topological polar surface area (TPSA) is 149 Å². The number of nitrogens with two attached hydrogens (primary N) is 1. The van der Waals surface area contributed by atoms with E-state index >= 15 is 0 Å². The molecule has 0 radical (unpaired) electrons. The van der Waals surface area contributed by atoms with E-state index in [0.29, 0.717) is 53.5 Å². The monoisotopic (exact) mass is 497 g/mol. The third-order valence-corrected chi connectivity index (χ3v) is 6.70. The van der Waals surface area contributed by atoms with Gasteiger partial charge in [0.25, 0.3) is 5.56 Å². The van der Waals surface area contributed by atoms with Gasteiger partial charge in [-0.1, -0.05) is 30.3 Å². The summed E-state index contributed by atoms with van der Waals surface area (Å²) in [4.78, 5) is 34.9. The molecule has 3 unspecified atom stereocenters. The summed E-state index contributed by atoms with van der Waals surface area (Å²) >= 11 is 0. The smallest absolute Gasteiger partial charge is 0.265 e. The molecule has 5 aromatic rings. The minimum atomic E-state index is -0.285. The molecule has 0 spiro atoms. The van der Waals surface area contributed by atoms with Crippen LogP contribution >= 0.6 is 0 Å². The van der Waals surface area contributed by atoms with Crippen molar-refractivity contribution < 1.29 is 4.74 Å². The number of nitrogens with zero attached hydrogens (tertiary/aromatic N) is 5. The molecule has 37 heavy (non-hydrogen) atoms. The molecule has 3 aromatic heterocycles. The van der Waals surface area contributed by atoms with E-state index in [1.165, 1.54) is 0 Å². The number of fused-ring (bicyclic) bond motifs is 2. The average molecular weight is 498 g/mol. The van der Waals surface area contributed by atoms with E-state index in [-0.39, 0.29) is 29.5 Å². The van der Waals surface area contributed by atoms with Crippen LogP contribution in [-0.2, 0) is 4.74 Å². The fourth-order valence-corrected chi connectivity index (χ4v) is 5.03. The number of nitrogen functional groups attached to an aromatic ring is 1. The van der Waals surface area contributed by atoms with E-state index in [2.05, 4.69) is 30.6 Å². The standard InChI is InChI=1S/C26H27N9O2/c1-15(31-23-21-22(30-14-29-21)33-26(27)34-23)20(19-13-37-12-11-28-19)24-32-18-10-6-5-9-17(18)25(36)35(24)16-7-3-2-4-8-16/h2-10,14-15,19-20,28H,11-13H2,1H3,(H4,27,29,30,31,33,34). The van der Waals surface area contributed by atoms with Crippen LogP contribution in [0.5, 0.6) is 0 Å². The SMILES string of the molecule is CC(Nc1nc(N)nc2nc[nH]c12)C(c1nc2ccccc2c(=O)n1-c1ccccc1)C1COCCN1. The maximum atomic E-state index is 13.9. The van der Waals surface area contributed by atoms with Gasteiger partial charge in [0.1, 0.15) is 11.3 Å². The molecule has 0 amide bonds. The number of para-hydroxylation sites is 2. The number of aromatic nitrogens is 6. The molecule has 2 aromatic carbocycles. The number of rotatable bonds is 6. The molecule has 0 aliphatic carbocycles. The minimum Gasteiger partial charge on any atom is -0.378 e. The van der Waals surface area contributed by atoms with Gasteiger partial charge in [0.15, 0.2) is 11.5 Å². The van der Waals surface area contributed by atoms with Gasteiger partial charge in [-0.05, 0) is 31.2 Å². The van der Waals surface area contributed by atoms with Gasteiger partial charge in [-0.3, -0.25) is 9.36 Å². The number of nitrogens with one attached hydrogen (secondary N) is 3. The lowest BCUT2D eigenvalue weighted by Gasteiger charge is -2.36. The van der Waals surface area contributed by atoms with Crippen molar-refractivity contribution in [1.29, 1.82) is 0 Å². The Bertz CT molecular complexity index is 1610. The van der Waals surface area contributed by atoms with Crippen LogP contribution in [0.4, 0.5) is 11.8 Å². The summed E-state index contributed by atoms with van der Waals surface area (Å²) in [5.74, 6) is 0.992. The lowest BCUT2D eigenvalue weighted by atomic mass is 9.90. The number of anilines is 2.